The highest BCUT2D eigenvalue weighted by atomic mass is 19.2. The first-order chi connectivity index (χ1) is 11.8. The number of nitrogens with one attached hydrogen (secondary N) is 1. The summed E-state index contributed by atoms with van der Waals surface area (Å²) < 4.78 is 49.5. The van der Waals surface area contributed by atoms with Gasteiger partial charge in [0.25, 0.3) is 5.91 Å². The minimum atomic E-state index is -1.29. The van der Waals surface area contributed by atoms with Crippen molar-refractivity contribution in [1.29, 1.82) is 0 Å². The number of methoxy groups -OCH3 is 1. The SMILES string of the molecule is COc1ccc(C(=O)O[C@@H](C)C(=O)Nc2ccc(F)c(F)c2)c(F)c1. The molecule has 0 aliphatic heterocycles. The first kappa shape index (κ1) is 18.3. The normalized spacial score (nSPS) is 11.6. The molecule has 0 heterocycles. The van der Waals surface area contributed by atoms with Crippen LogP contribution in [0.2, 0.25) is 0 Å². The second-order valence-electron chi connectivity index (χ2n) is 5.01. The van der Waals surface area contributed by atoms with Gasteiger partial charge < -0.3 is 14.8 Å². The largest absolute Gasteiger partial charge is 0.497 e. The second-order valence-corrected chi connectivity index (χ2v) is 5.01. The van der Waals surface area contributed by atoms with Gasteiger partial charge in [0.15, 0.2) is 17.7 Å². The van der Waals surface area contributed by atoms with E-state index in [0.29, 0.717) is 0 Å². The summed E-state index contributed by atoms with van der Waals surface area (Å²) in [5, 5.41) is 2.26. The van der Waals surface area contributed by atoms with Crippen LogP contribution < -0.4 is 10.1 Å². The molecule has 8 heteroatoms. The van der Waals surface area contributed by atoms with E-state index in [4.69, 9.17) is 9.47 Å². The van der Waals surface area contributed by atoms with Crippen LogP contribution in [0, 0.1) is 17.5 Å². The van der Waals surface area contributed by atoms with E-state index in [1.54, 1.807) is 0 Å². The number of carbonyl (C=O) groups excluding carboxylic acids is 2. The highest BCUT2D eigenvalue weighted by Gasteiger charge is 2.22. The minimum Gasteiger partial charge on any atom is -0.497 e. The van der Waals surface area contributed by atoms with E-state index in [0.717, 1.165) is 30.3 Å². The number of hydrogen-bond donors (Lipinski definition) is 1. The lowest BCUT2D eigenvalue weighted by Crippen LogP contribution is -2.30. The van der Waals surface area contributed by atoms with Crippen molar-refractivity contribution < 1.29 is 32.2 Å². The molecule has 1 amide bonds. The molecular weight excluding hydrogens is 339 g/mol. The fourth-order valence-corrected chi connectivity index (χ4v) is 1.88. The third-order valence-corrected chi connectivity index (χ3v) is 3.24. The smallest absolute Gasteiger partial charge is 0.341 e. The van der Waals surface area contributed by atoms with Crippen LogP contribution >= 0.6 is 0 Å². The molecule has 1 atom stereocenters. The maximum Gasteiger partial charge on any atom is 0.341 e. The average molecular weight is 353 g/mol. The fraction of sp³-hybridized carbons (Fsp3) is 0.176. The van der Waals surface area contributed by atoms with Crippen molar-refractivity contribution in [2.24, 2.45) is 0 Å². The van der Waals surface area contributed by atoms with Crippen molar-refractivity contribution in [3.8, 4) is 5.75 Å². The lowest BCUT2D eigenvalue weighted by Gasteiger charge is -2.14. The molecule has 0 radical (unpaired) electrons. The summed E-state index contributed by atoms with van der Waals surface area (Å²) in [6, 6.07) is 6.30. The molecule has 132 valence electrons. The molecule has 5 nitrogen and oxygen atoms in total. The minimum absolute atomic E-state index is 0.0116. The Kier molecular flexibility index (Phi) is 5.63. The Morgan fingerprint density at radius 1 is 1.00 bits per heavy atom. The zero-order valence-electron chi connectivity index (χ0n) is 13.3. The lowest BCUT2D eigenvalue weighted by molar-refractivity contribution is -0.123. The van der Waals surface area contributed by atoms with E-state index in [9.17, 15) is 22.8 Å². The van der Waals surface area contributed by atoms with Crippen molar-refractivity contribution >= 4 is 17.6 Å². The standard InChI is InChI=1S/C17H14F3NO4/c1-9(16(22)21-10-3-6-13(18)15(20)7-10)25-17(23)12-5-4-11(24-2)8-14(12)19/h3-9H,1-2H3,(H,21,22)/t9-/m0/s1. The summed E-state index contributed by atoms with van der Waals surface area (Å²) >= 11 is 0. The fourth-order valence-electron chi connectivity index (χ4n) is 1.88. The molecule has 2 aromatic rings. The molecule has 0 aliphatic carbocycles. The maximum absolute atomic E-state index is 13.8. The first-order valence-corrected chi connectivity index (χ1v) is 7.12. The molecule has 0 bridgehead atoms. The van der Waals surface area contributed by atoms with Crippen LogP contribution in [0.15, 0.2) is 36.4 Å². The number of rotatable bonds is 5. The number of hydrogen-bond acceptors (Lipinski definition) is 4. The number of halogens is 3. The molecule has 0 saturated carbocycles. The Morgan fingerprint density at radius 3 is 2.32 bits per heavy atom. The number of benzene rings is 2. The van der Waals surface area contributed by atoms with Gasteiger partial charge in [0.1, 0.15) is 11.6 Å². The molecule has 0 unspecified atom stereocenters. The van der Waals surface area contributed by atoms with E-state index in [1.165, 1.54) is 20.1 Å². The van der Waals surface area contributed by atoms with Crippen molar-refractivity contribution in [2.45, 2.75) is 13.0 Å². The van der Waals surface area contributed by atoms with Crippen molar-refractivity contribution in [1.82, 2.24) is 0 Å². The summed E-state index contributed by atoms with van der Waals surface area (Å²) in [5.74, 6) is -4.67. The Morgan fingerprint density at radius 2 is 1.72 bits per heavy atom. The van der Waals surface area contributed by atoms with Gasteiger partial charge in [-0.2, -0.15) is 0 Å². The van der Waals surface area contributed by atoms with Crippen LogP contribution in [0.1, 0.15) is 17.3 Å². The number of carbonyl (C=O) groups is 2. The van der Waals surface area contributed by atoms with Crippen LogP contribution in [0.3, 0.4) is 0 Å². The van der Waals surface area contributed by atoms with Gasteiger partial charge in [0.2, 0.25) is 0 Å². The van der Waals surface area contributed by atoms with Gasteiger partial charge in [-0.3, -0.25) is 4.79 Å². The molecule has 0 aliphatic rings. The highest BCUT2D eigenvalue weighted by molar-refractivity contribution is 5.97. The summed E-state index contributed by atoms with van der Waals surface area (Å²) in [4.78, 5) is 23.9. The van der Waals surface area contributed by atoms with Gasteiger partial charge >= 0.3 is 5.97 Å². The molecule has 2 rings (SSSR count). The monoisotopic (exact) mass is 353 g/mol. The van der Waals surface area contributed by atoms with Crippen LogP contribution in [-0.4, -0.2) is 25.1 Å². The highest BCUT2D eigenvalue weighted by Crippen LogP contribution is 2.18. The molecule has 0 spiro atoms. The number of esters is 1. The lowest BCUT2D eigenvalue weighted by atomic mass is 10.2. The zero-order chi connectivity index (χ0) is 18.6. The number of ether oxygens (including phenoxy) is 2. The number of amides is 1. The van der Waals surface area contributed by atoms with Gasteiger partial charge in [-0.05, 0) is 31.2 Å². The molecule has 2 aromatic carbocycles. The van der Waals surface area contributed by atoms with Crippen LogP contribution in [0.5, 0.6) is 5.75 Å². The molecule has 1 N–H and O–H groups in total. The zero-order valence-corrected chi connectivity index (χ0v) is 13.3. The Balaban J connectivity index is 2.02. The van der Waals surface area contributed by atoms with Gasteiger partial charge in [-0.1, -0.05) is 0 Å². The topological polar surface area (TPSA) is 64.6 Å². The van der Waals surface area contributed by atoms with Crippen molar-refractivity contribution in [2.75, 3.05) is 12.4 Å². The molecule has 0 fully saturated rings. The number of anilines is 1. The van der Waals surface area contributed by atoms with E-state index in [-0.39, 0.29) is 17.0 Å². The first-order valence-electron chi connectivity index (χ1n) is 7.12. The third-order valence-electron chi connectivity index (χ3n) is 3.24. The second kappa shape index (κ2) is 7.69. The Labute approximate surface area is 141 Å². The van der Waals surface area contributed by atoms with E-state index < -0.39 is 35.4 Å². The summed E-state index contributed by atoms with van der Waals surface area (Å²) in [5.41, 5.74) is -0.379. The molecule has 25 heavy (non-hydrogen) atoms. The van der Waals surface area contributed by atoms with E-state index in [1.807, 2.05) is 0 Å². The van der Waals surface area contributed by atoms with Crippen molar-refractivity contribution in [3.63, 3.8) is 0 Å². The maximum atomic E-state index is 13.8. The predicted molar refractivity (Wildman–Crippen MR) is 82.8 cm³/mol. The Hall–Kier alpha value is -3.03. The molecular formula is C17H14F3NO4. The quantitative estimate of drug-likeness (QED) is 0.838. The molecule has 0 saturated heterocycles. The van der Waals surface area contributed by atoms with Gasteiger partial charge in [-0.15, -0.1) is 0 Å². The predicted octanol–water partition coefficient (Wildman–Crippen LogP) is 3.30. The van der Waals surface area contributed by atoms with Gasteiger partial charge in [-0.25, -0.2) is 18.0 Å². The molecule has 0 aromatic heterocycles. The Bertz CT molecular complexity index is 810. The van der Waals surface area contributed by atoms with E-state index in [2.05, 4.69) is 5.32 Å². The van der Waals surface area contributed by atoms with Crippen LogP contribution in [0.25, 0.3) is 0 Å². The van der Waals surface area contributed by atoms with Crippen LogP contribution in [-0.2, 0) is 9.53 Å². The van der Waals surface area contributed by atoms with Gasteiger partial charge in [0.05, 0.1) is 12.7 Å². The van der Waals surface area contributed by atoms with Gasteiger partial charge in [0, 0.05) is 17.8 Å². The summed E-state index contributed by atoms with van der Waals surface area (Å²) in [6.07, 6.45) is -1.29. The summed E-state index contributed by atoms with van der Waals surface area (Å²) in [6.45, 7) is 1.26. The van der Waals surface area contributed by atoms with Crippen LogP contribution in [0.4, 0.5) is 18.9 Å². The average Bonchev–Trinajstić information content (AvgIpc) is 2.57. The summed E-state index contributed by atoms with van der Waals surface area (Å²) in [7, 11) is 1.34. The third kappa shape index (κ3) is 4.50. The van der Waals surface area contributed by atoms with Crippen molar-refractivity contribution in [3.05, 3.63) is 59.4 Å². The van der Waals surface area contributed by atoms with E-state index >= 15 is 0 Å².